The van der Waals surface area contributed by atoms with E-state index in [-0.39, 0.29) is 0 Å². The second-order valence-electron chi connectivity index (χ2n) is 14.1. The highest BCUT2D eigenvalue weighted by Gasteiger charge is 2.16. The quantitative estimate of drug-likeness (QED) is 0.150. The molecule has 10 rings (SSSR count). The number of anilines is 3. The third-order valence-electron chi connectivity index (χ3n) is 10.8. The normalized spacial score (nSPS) is 11.3. The van der Waals surface area contributed by atoms with E-state index in [0.717, 1.165) is 17.1 Å². The van der Waals surface area contributed by atoms with Crippen molar-refractivity contribution in [1.82, 2.24) is 0 Å². The van der Waals surface area contributed by atoms with Crippen molar-refractivity contribution in [3.63, 3.8) is 0 Å². The molecule has 0 radical (unpaired) electrons. The average Bonchev–Trinajstić information content (AvgIpc) is 3.27. The van der Waals surface area contributed by atoms with E-state index in [1.54, 1.807) is 0 Å². The highest BCUT2D eigenvalue weighted by Crippen LogP contribution is 2.41. The first-order valence-corrected chi connectivity index (χ1v) is 18.9. The number of hydrogen-bond acceptors (Lipinski definition) is 1. The van der Waals surface area contributed by atoms with Gasteiger partial charge in [-0.1, -0.05) is 170 Å². The maximum atomic E-state index is 2.35. The van der Waals surface area contributed by atoms with Gasteiger partial charge in [-0.05, 0) is 131 Å². The van der Waals surface area contributed by atoms with E-state index in [0.29, 0.717) is 0 Å². The molecule has 0 aliphatic heterocycles. The van der Waals surface area contributed by atoms with E-state index in [1.807, 2.05) is 0 Å². The van der Waals surface area contributed by atoms with Gasteiger partial charge in [0.2, 0.25) is 0 Å². The van der Waals surface area contributed by atoms with Gasteiger partial charge in [-0.3, -0.25) is 0 Å². The van der Waals surface area contributed by atoms with Crippen LogP contribution in [0, 0.1) is 0 Å². The first kappa shape index (κ1) is 32.4. The molecule has 1 nitrogen and oxygen atoms in total. The number of benzene rings is 10. The fraction of sp³-hybridized carbons (Fsp3) is 0. The summed E-state index contributed by atoms with van der Waals surface area (Å²) in [6, 6.07) is 81.4. The fourth-order valence-electron chi connectivity index (χ4n) is 8.10. The molecule has 0 spiro atoms. The molecule has 258 valence electrons. The van der Waals surface area contributed by atoms with Crippen molar-refractivity contribution >= 4 is 49.4 Å². The van der Waals surface area contributed by atoms with E-state index >= 15 is 0 Å². The van der Waals surface area contributed by atoms with Crippen molar-refractivity contribution in [3.8, 4) is 44.5 Å². The first-order valence-electron chi connectivity index (χ1n) is 18.9. The number of fused-ring (bicyclic) bond motifs is 4. The van der Waals surface area contributed by atoms with Crippen molar-refractivity contribution < 1.29 is 0 Å². The van der Waals surface area contributed by atoms with Crippen LogP contribution in [0.2, 0.25) is 0 Å². The summed E-state index contributed by atoms with van der Waals surface area (Å²) in [5.41, 5.74) is 13.0. The molecular weight excluding hydrogens is 663 g/mol. The molecule has 10 aromatic rings. The Bertz CT molecular complexity index is 2950. The molecule has 0 amide bonds. The fourth-order valence-corrected chi connectivity index (χ4v) is 8.10. The molecule has 0 aromatic heterocycles. The van der Waals surface area contributed by atoms with Crippen LogP contribution >= 0.6 is 0 Å². The van der Waals surface area contributed by atoms with Gasteiger partial charge in [0.1, 0.15) is 0 Å². The number of nitrogens with zero attached hydrogens (tertiary/aromatic N) is 1. The summed E-state index contributed by atoms with van der Waals surface area (Å²) in [5.74, 6) is 0. The molecule has 0 saturated carbocycles. The second kappa shape index (κ2) is 14.0. The lowest BCUT2D eigenvalue weighted by Crippen LogP contribution is -2.09. The molecule has 1 heteroatoms. The van der Waals surface area contributed by atoms with Crippen LogP contribution in [0.15, 0.2) is 224 Å². The lowest BCUT2D eigenvalue weighted by molar-refractivity contribution is 1.28. The van der Waals surface area contributed by atoms with E-state index < -0.39 is 0 Å². The highest BCUT2D eigenvalue weighted by molar-refractivity contribution is 6.13. The van der Waals surface area contributed by atoms with Crippen molar-refractivity contribution in [3.05, 3.63) is 224 Å². The van der Waals surface area contributed by atoms with Crippen molar-refractivity contribution in [1.29, 1.82) is 0 Å². The molecule has 0 heterocycles. The minimum absolute atomic E-state index is 1.11. The number of hydrogen-bond donors (Lipinski definition) is 0. The highest BCUT2D eigenvalue weighted by atomic mass is 15.1. The Morgan fingerprint density at radius 2 is 0.727 bits per heavy atom. The van der Waals surface area contributed by atoms with Crippen LogP contribution < -0.4 is 4.90 Å². The maximum absolute atomic E-state index is 2.35. The topological polar surface area (TPSA) is 3.24 Å². The van der Waals surface area contributed by atoms with Gasteiger partial charge < -0.3 is 4.90 Å². The third-order valence-corrected chi connectivity index (χ3v) is 10.8. The summed E-state index contributed by atoms with van der Waals surface area (Å²) in [7, 11) is 0. The Kier molecular flexibility index (Phi) is 8.24. The molecule has 55 heavy (non-hydrogen) atoms. The lowest BCUT2D eigenvalue weighted by Gasteiger charge is -2.26. The summed E-state index contributed by atoms with van der Waals surface area (Å²) >= 11 is 0. The minimum atomic E-state index is 1.11. The lowest BCUT2D eigenvalue weighted by atomic mass is 9.90. The van der Waals surface area contributed by atoms with Gasteiger partial charge in [0, 0.05) is 17.1 Å². The van der Waals surface area contributed by atoms with Gasteiger partial charge in [0.15, 0.2) is 0 Å². The zero-order valence-corrected chi connectivity index (χ0v) is 30.3. The predicted molar refractivity (Wildman–Crippen MR) is 235 cm³/mol. The van der Waals surface area contributed by atoms with Gasteiger partial charge >= 0.3 is 0 Å². The van der Waals surface area contributed by atoms with Crippen LogP contribution in [0.1, 0.15) is 0 Å². The molecule has 10 aromatic carbocycles. The molecule has 0 saturated heterocycles. The van der Waals surface area contributed by atoms with Gasteiger partial charge in [-0.15, -0.1) is 0 Å². The maximum Gasteiger partial charge on any atom is 0.0462 e. The second-order valence-corrected chi connectivity index (χ2v) is 14.1. The molecule has 0 aliphatic rings. The zero-order chi connectivity index (χ0) is 36.6. The number of para-hydroxylation sites is 1. The van der Waals surface area contributed by atoms with E-state index in [4.69, 9.17) is 0 Å². The molecular formula is C54H37N. The van der Waals surface area contributed by atoms with Crippen LogP contribution in [0.5, 0.6) is 0 Å². The van der Waals surface area contributed by atoms with Crippen LogP contribution in [0.3, 0.4) is 0 Å². The Balaban J connectivity index is 1.02. The van der Waals surface area contributed by atoms with Gasteiger partial charge in [0.25, 0.3) is 0 Å². The smallest absolute Gasteiger partial charge is 0.0462 e. The molecule has 0 fully saturated rings. The summed E-state index contributed by atoms with van der Waals surface area (Å²) < 4.78 is 0. The summed E-state index contributed by atoms with van der Waals surface area (Å²) in [6.45, 7) is 0. The van der Waals surface area contributed by atoms with E-state index in [1.165, 1.54) is 76.8 Å². The summed E-state index contributed by atoms with van der Waals surface area (Å²) in [5, 5.41) is 7.59. The zero-order valence-electron chi connectivity index (χ0n) is 30.3. The monoisotopic (exact) mass is 699 g/mol. The summed E-state index contributed by atoms with van der Waals surface area (Å²) in [4.78, 5) is 2.34. The van der Waals surface area contributed by atoms with Crippen molar-refractivity contribution in [2.24, 2.45) is 0 Å². The molecule has 0 aliphatic carbocycles. The SMILES string of the molecule is c1ccc(-c2cc(-c3ccc(N(c4ccccc4)c4ccc(-c5cc6ccccc6c6ccccc56)cc4)cc3)ccc2-c2ccc3ccccc3c2)cc1. The van der Waals surface area contributed by atoms with Crippen LogP contribution in [0.25, 0.3) is 76.8 Å². The van der Waals surface area contributed by atoms with E-state index in [9.17, 15) is 0 Å². The first-order chi connectivity index (χ1) is 27.3. The van der Waals surface area contributed by atoms with E-state index in [2.05, 4.69) is 229 Å². The molecule has 0 unspecified atom stereocenters. The standard InChI is InChI=1S/C54H37N/c1-3-14-40(15-4-1)53-36-43(29-34-50(53)45-24-23-38-13-7-8-16-42(38)35-45)39-25-30-47(31-26-39)55(46-18-5-2-6-19-46)48-32-27-41(28-33-48)54-37-44-17-9-10-20-49(44)51-21-11-12-22-52(51)54/h1-37H. The van der Waals surface area contributed by atoms with Crippen LogP contribution in [-0.4, -0.2) is 0 Å². The van der Waals surface area contributed by atoms with Gasteiger partial charge in [0.05, 0.1) is 0 Å². The Morgan fingerprint density at radius 1 is 0.218 bits per heavy atom. The third kappa shape index (κ3) is 6.12. The van der Waals surface area contributed by atoms with Crippen molar-refractivity contribution in [2.45, 2.75) is 0 Å². The minimum Gasteiger partial charge on any atom is -0.311 e. The number of rotatable bonds is 7. The van der Waals surface area contributed by atoms with Crippen LogP contribution in [0.4, 0.5) is 17.1 Å². The Labute approximate surface area is 322 Å². The average molecular weight is 700 g/mol. The van der Waals surface area contributed by atoms with Gasteiger partial charge in [-0.2, -0.15) is 0 Å². The van der Waals surface area contributed by atoms with Crippen LogP contribution in [-0.2, 0) is 0 Å². The van der Waals surface area contributed by atoms with Crippen molar-refractivity contribution in [2.75, 3.05) is 4.90 Å². The Hall–Kier alpha value is -7.22. The molecule has 0 bridgehead atoms. The molecule has 0 atom stereocenters. The Morgan fingerprint density at radius 3 is 1.45 bits per heavy atom. The summed E-state index contributed by atoms with van der Waals surface area (Å²) in [6.07, 6.45) is 0. The largest absolute Gasteiger partial charge is 0.311 e. The molecule has 0 N–H and O–H groups in total. The van der Waals surface area contributed by atoms with Gasteiger partial charge in [-0.25, -0.2) is 0 Å². The predicted octanol–water partition coefficient (Wildman–Crippen LogP) is 15.3.